The monoisotopic (exact) mass is 248 g/mol. The fourth-order valence-corrected chi connectivity index (χ4v) is 2.56. The molecule has 1 unspecified atom stereocenters. The predicted molar refractivity (Wildman–Crippen MR) is 72.2 cm³/mol. The second-order valence-electron chi connectivity index (χ2n) is 5.16. The van der Waals surface area contributed by atoms with Gasteiger partial charge in [-0.05, 0) is 44.2 Å². The van der Waals surface area contributed by atoms with Gasteiger partial charge in [0.2, 0.25) is 0 Å². The molecule has 1 N–H and O–H groups in total. The fourth-order valence-electron chi connectivity index (χ4n) is 2.56. The van der Waals surface area contributed by atoms with Gasteiger partial charge in [-0.3, -0.25) is 0 Å². The third kappa shape index (κ3) is 2.64. The van der Waals surface area contributed by atoms with Crippen molar-refractivity contribution >= 4 is 11.7 Å². The number of aryl methyl sites for hydroxylation is 2. The molecule has 0 spiro atoms. The lowest BCUT2D eigenvalue weighted by Gasteiger charge is -2.39. The number of nitrogens with zero attached hydrogens (tertiary/aromatic N) is 2. The maximum Gasteiger partial charge on any atom is 0.327 e. The van der Waals surface area contributed by atoms with Gasteiger partial charge in [-0.25, -0.2) is 4.79 Å². The quantitative estimate of drug-likeness (QED) is 0.861. The van der Waals surface area contributed by atoms with Crippen LogP contribution in [0, 0.1) is 13.8 Å². The van der Waals surface area contributed by atoms with Gasteiger partial charge in [-0.1, -0.05) is 6.07 Å². The van der Waals surface area contributed by atoms with E-state index in [0.29, 0.717) is 6.54 Å². The van der Waals surface area contributed by atoms with Crippen LogP contribution in [0.25, 0.3) is 0 Å². The molecule has 0 aromatic heterocycles. The molecule has 1 aliphatic rings. The minimum absolute atomic E-state index is 0.454. The van der Waals surface area contributed by atoms with E-state index in [4.69, 9.17) is 0 Å². The highest BCUT2D eigenvalue weighted by molar-refractivity contribution is 5.79. The first kappa shape index (κ1) is 12.9. The molecule has 1 heterocycles. The van der Waals surface area contributed by atoms with Gasteiger partial charge in [0.05, 0.1) is 0 Å². The molecule has 0 bridgehead atoms. The summed E-state index contributed by atoms with van der Waals surface area (Å²) in [6.45, 7) is 6.32. The molecule has 4 nitrogen and oxygen atoms in total. The van der Waals surface area contributed by atoms with Crippen molar-refractivity contribution in [3.63, 3.8) is 0 Å². The standard InChI is InChI=1S/C14H20N2O2/c1-10-6-11(2)8-12(7-10)16-5-4-15(3)9-13(16)14(17)18/h6-8,13H,4-5,9H2,1-3H3,(H,17,18). The zero-order valence-corrected chi connectivity index (χ0v) is 11.2. The van der Waals surface area contributed by atoms with Crippen LogP contribution in [0.15, 0.2) is 18.2 Å². The van der Waals surface area contributed by atoms with Crippen molar-refractivity contribution in [1.82, 2.24) is 4.90 Å². The minimum atomic E-state index is -0.749. The Kier molecular flexibility index (Phi) is 3.57. The van der Waals surface area contributed by atoms with E-state index in [1.54, 1.807) is 0 Å². The fraction of sp³-hybridized carbons (Fsp3) is 0.500. The van der Waals surface area contributed by atoms with E-state index in [1.165, 1.54) is 11.1 Å². The van der Waals surface area contributed by atoms with Crippen molar-refractivity contribution in [1.29, 1.82) is 0 Å². The van der Waals surface area contributed by atoms with Crippen LogP contribution in [0.2, 0.25) is 0 Å². The molecular formula is C14H20N2O2. The molecule has 2 rings (SSSR count). The lowest BCUT2D eigenvalue weighted by molar-refractivity contribution is -0.139. The van der Waals surface area contributed by atoms with Gasteiger partial charge in [0.15, 0.2) is 0 Å². The molecule has 1 aromatic rings. The molecule has 18 heavy (non-hydrogen) atoms. The highest BCUT2D eigenvalue weighted by Gasteiger charge is 2.31. The molecule has 0 saturated carbocycles. The predicted octanol–water partition coefficient (Wildman–Crippen LogP) is 1.51. The van der Waals surface area contributed by atoms with Crippen LogP contribution in [0.3, 0.4) is 0 Å². The van der Waals surface area contributed by atoms with Crippen LogP contribution in [0.1, 0.15) is 11.1 Å². The van der Waals surface area contributed by atoms with Crippen molar-refractivity contribution in [2.45, 2.75) is 19.9 Å². The van der Waals surface area contributed by atoms with Gasteiger partial charge in [-0.2, -0.15) is 0 Å². The third-order valence-electron chi connectivity index (χ3n) is 3.41. The summed E-state index contributed by atoms with van der Waals surface area (Å²) in [6, 6.07) is 5.78. The van der Waals surface area contributed by atoms with Crippen LogP contribution in [0.4, 0.5) is 5.69 Å². The van der Waals surface area contributed by atoms with Crippen LogP contribution < -0.4 is 4.90 Å². The first-order valence-corrected chi connectivity index (χ1v) is 6.23. The first-order valence-electron chi connectivity index (χ1n) is 6.23. The van der Waals surface area contributed by atoms with Crippen LogP contribution in [0.5, 0.6) is 0 Å². The van der Waals surface area contributed by atoms with Crippen molar-refractivity contribution in [2.24, 2.45) is 0 Å². The smallest absolute Gasteiger partial charge is 0.327 e. The molecule has 0 radical (unpaired) electrons. The number of rotatable bonds is 2. The molecule has 4 heteroatoms. The number of likely N-dealkylation sites (N-methyl/N-ethyl adjacent to an activating group) is 1. The Morgan fingerprint density at radius 2 is 1.83 bits per heavy atom. The molecule has 1 atom stereocenters. The lowest BCUT2D eigenvalue weighted by Crippen LogP contribution is -2.55. The van der Waals surface area contributed by atoms with E-state index in [-0.39, 0.29) is 0 Å². The Hall–Kier alpha value is -1.55. The summed E-state index contributed by atoms with van der Waals surface area (Å²) in [5.74, 6) is -0.749. The van der Waals surface area contributed by atoms with Crippen molar-refractivity contribution in [2.75, 3.05) is 31.6 Å². The maximum atomic E-state index is 11.4. The normalized spacial score (nSPS) is 21.1. The summed E-state index contributed by atoms with van der Waals surface area (Å²) in [5, 5.41) is 9.36. The molecule has 0 amide bonds. The van der Waals surface area contributed by atoms with E-state index in [2.05, 4.69) is 23.1 Å². The Morgan fingerprint density at radius 1 is 1.22 bits per heavy atom. The number of hydrogen-bond acceptors (Lipinski definition) is 3. The third-order valence-corrected chi connectivity index (χ3v) is 3.41. The summed E-state index contributed by atoms with van der Waals surface area (Å²) in [4.78, 5) is 15.5. The van der Waals surface area contributed by atoms with Crippen LogP contribution in [-0.2, 0) is 4.79 Å². The molecule has 98 valence electrons. The molecule has 1 saturated heterocycles. The molecule has 1 aliphatic heterocycles. The van der Waals surface area contributed by atoms with Gasteiger partial charge >= 0.3 is 5.97 Å². The number of anilines is 1. The number of carboxylic acid groups (broad SMARTS) is 1. The lowest BCUT2D eigenvalue weighted by atomic mass is 10.1. The van der Waals surface area contributed by atoms with E-state index in [9.17, 15) is 9.90 Å². The molecular weight excluding hydrogens is 228 g/mol. The Morgan fingerprint density at radius 3 is 2.39 bits per heavy atom. The number of carboxylic acids is 1. The summed E-state index contributed by atoms with van der Waals surface area (Å²) >= 11 is 0. The van der Waals surface area contributed by atoms with Crippen LogP contribution >= 0.6 is 0 Å². The topological polar surface area (TPSA) is 43.8 Å². The van der Waals surface area contributed by atoms with Gasteiger partial charge in [-0.15, -0.1) is 0 Å². The highest BCUT2D eigenvalue weighted by Crippen LogP contribution is 2.23. The summed E-state index contributed by atoms with van der Waals surface area (Å²) in [5.41, 5.74) is 3.37. The highest BCUT2D eigenvalue weighted by atomic mass is 16.4. The largest absolute Gasteiger partial charge is 0.480 e. The first-order chi connectivity index (χ1) is 8.47. The number of piperazine rings is 1. The second-order valence-corrected chi connectivity index (χ2v) is 5.16. The van der Waals surface area contributed by atoms with Crippen LogP contribution in [-0.4, -0.2) is 48.7 Å². The average molecular weight is 248 g/mol. The van der Waals surface area contributed by atoms with Crippen molar-refractivity contribution < 1.29 is 9.90 Å². The second kappa shape index (κ2) is 4.98. The minimum Gasteiger partial charge on any atom is -0.480 e. The summed E-state index contributed by atoms with van der Waals surface area (Å²) in [6.07, 6.45) is 0. The van der Waals surface area contributed by atoms with E-state index in [0.717, 1.165) is 18.8 Å². The van der Waals surface area contributed by atoms with Gasteiger partial charge < -0.3 is 14.9 Å². The van der Waals surface area contributed by atoms with Crippen molar-refractivity contribution in [3.05, 3.63) is 29.3 Å². The Labute approximate surface area is 108 Å². The molecule has 1 aromatic carbocycles. The zero-order chi connectivity index (χ0) is 13.3. The molecule has 1 fully saturated rings. The van der Waals surface area contributed by atoms with Gasteiger partial charge in [0, 0.05) is 25.3 Å². The summed E-state index contributed by atoms with van der Waals surface area (Å²) in [7, 11) is 1.97. The zero-order valence-electron chi connectivity index (χ0n) is 11.2. The number of carbonyl (C=O) groups is 1. The number of aliphatic carboxylic acids is 1. The van der Waals surface area contributed by atoms with E-state index in [1.807, 2.05) is 25.8 Å². The summed E-state index contributed by atoms with van der Waals surface area (Å²) < 4.78 is 0. The van der Waals surface area contributed by atoms with E-state index >= 15 is 0 Å². The van der Waals surface area contributed by atoms with Gasteiger partial charge in [0.25, 0.3) is 0 Å². The average Bonchev–Trinajstić information content (AvgIpc) is 2.27. The number of benzene rings is 1. The van der Waals surface area contributed by atoms with Crippen molar-refractivity contribution in [3.8, 4) is 0 Å². The SMILES string of the molecule is Cc1cc(C)cc(N2CCN(C)CC2C(=O)O)c1. The molecule has 0 aliphatic carbocycles. The van der Waals surface area contributed by atoms with Gasteiger partial charge in [0.1, 0.15) is 6.04 Å². The Bertz CT molecular complexity index is 439. The Balaban J connectivity index is 2.32. The maximum absolute atomic E-state index is 11.4. The number of hydrogen-bond donors (Lipinski definition) is 1. The van der Waals surface area contributed by atoms with E-state index < -0.39 is 12.0 Å².